The fourth-order valence-corrected chi connectivity index (χ4v) is 2.49. The maximum absolute atomic E-state index is 12.8. The summed E-state index contributed by atoms with van der Waals surface area (Å²) in [5, 5.41) is 8.70. The monoisotopic (exact) mass is 408 g/mol. The molecule has 0 atom stereocenters. The number of methoxy groups -OCH3 is 1. The number of alkyl halides is 3. The number of hydrogen-bond acceptors (Lipinski definition) is 3. The van der Waals surface area contributed by atoms with Gasteiger partial charge in [0.25, 0.3) is 5.91 Å². The van der Waals surface area contributed by atoms with E-state index in [0.717, 1.165) is 12.1 Å². The zero-order chi connectivity index (χ0) is 21.3. The van der Waals surface area contributed by atoms with Gasteiger partial charge in [-0.3, -0.25) is 9.79 Å². The van der Waals surface area contributed by atoms with Crippen LogP contribution in [0.3, 0.4) is 0 Å². The largest absolute Gasteiger partial charge is 0.497 e. The predicted molar refractivity (Wildman–Crippen MR) is 105 cm³/mol. The zero-order valence-electron chi connectivity index (χ0n) is 16.1. The van der Waals surface area contributed by atoms with Gasteiger partial charge in [-0.15, -0.1) is 0 Å². The van der Waals surface area contributed by atoms with Crippen molar-refractivity contribution in [2.24, 2.45) is 4.99 Å². The van der Waals surface area contributed by atoms with Crippen molar-refractivity contribution >= 4 is 11.9 Å². The van der Waals surface area contributed by atoms with E-state index in [-0.39, 0.29) is 12.5 Å². The summed E-state index contributed by atoms with van der Waals surface area (Å²) in [6.07, 6.45) is -4.38. The van der Waals surface area contributed by atoms with Crippen LogP contribution in [-0.2, 0) is 12.7 Å². The van der Waals surface area contributed by atoms with Gasteiger partial charge in [0.15, 0.2) is 5.96 Å². The first-order valence-electron chi connectivity index (χ1n) is 8.86. The number of benzene rings is 2. The summed E-state index contributed by atoms with van der Waals surface area (Å²) in [6.45, 7) is 0.901. The standard InChI is InChI=1S/C20H23F3N4O2/c1-24-19(27-13-14-5-3-7-16(11-14)20(21,22)23)26-10-9-25-18(28)15-6-4-8-17(12-15)29-2/h3-8,11-12H,9-10,13H2,1-2H3,(H,25,28)(H2,24,26,27). The van der Waals surface area contributed by atoms with Crippen LogP contribution in [0.1, 0.15) is 21.5 Å². The molecule has 0 unspecified atom stereocenters. The van der Waals surface area contributed by atoms with E-state index in [1.54, 1.807) is 37.4 Å². The Hall–Kier alpha value is -3.23. The Morgan fingerprint density at radius 2 is 1.76 bits per heavy atom. The Labute approximate surface area is 167 Å². The van der Waals surface area contributed by atoms with E-state index < -0.39 is 11.7 Å². The predicted octanol–water partition coefficient (Wildman–Crippen LogP) is 2.81. The summed E-state index contributed by atoms with van der Waals surface area (Å²) >= 11 is 0. The molecule has 0 bridgehead atoms. The number of guanidine groups is 1. The number of rotatable bonds is 7. The molecule has 2 aromatic rings. The second-order valence-electron chi connectivity index (χ2n) is 6.04. The second kappa shape index (κ2) is 10.4. The molecular formula is C20H23F3N4O2. The van der Waals surface area contributed by atoms with Crippen molar-refractivity contribution in [2.75, 3.05) is 27.2 Å². The highest BCUT2D eigenvalue weighted by atomic mass is 19.4. The topological polar surface area (TPSA) is 74.8 Å². The number of nitrogens with zero attached hydrogens (tertiary/aromatic N) is 1. The molecule has 0 aliphatic rings. The van der Waals surface area contributed by atoms with E-state index in [9.17, 15) is 18.0 Å². The molecule has 0 fully saturated rings. The number of hydrogen-bond donors (Lipinski definition) is 3. The summed E-state index contributed by atoms with van der Waals surface area (Å²) in [7, 11) is 3.08. The van der Waals surface area contributed by atoms with Gasteiger partial charge in [-0.2, -0.15) is 13.2 Å². The molecule has 29 heavy (non-hydrogen) atoms. The summed E-state index contributed by atoms with van der Waals surface area (Å²) in [5.41, 5.74) is 0.269. The van der Waals surface area contributed by atoms with Crippen LogP contribution in [0.25, 0.3) is 0 Å². The van der Waals surface area contributed by atoms with E-state index in [1.807, 2.05) is 0 Å². The van der Waals surface area contributed by atoms with Crippen molar-refractivity contribution in [1.29, 1.82) is 0 Å². The average molecular weight is 408 g/mol. The highest BCUT2D eigenvalue weighted by molar-refractivity contribution is 5.94. The molecule has 2 aromatic carbocycles. The molecule has 6 nitrogen and oxygen atoms in total. The molecule has 0 radical (unpaired) electrons. The van der Waals surface area contributed by atoms with Gasteiger partial charge in [-0.05, 0) is 35.9 Å². The third-order valence-electron chi connectivity index (χ3n) is 3.97. The molecule has 2 rings (SSSR count). The maximum atomic E-state index is 12.8. The average Bonchev–Trinajstić information content (AvgIpc) is 2.72. The number of carbonyl (C=O) groups excluding carboxylic acids is 1. The van der Waals surface area contributed by atoms with Gasteiger partial charge in [-0.25, -0.2) is 0 Å². The fraction of sp³-hybridized carbons (Fsp3) is 0.300. The Morgan fingerprint density at radius 1 is 1.03 bits per heavy atom. The first kappa shape index (κ1) is 22.1. The molecule has 0 heterocycles. The Bertz CT molecular complexity index is 854. The van der Waals surface area contributed by atoms with E-state index in [1.165, 1.54) is 13.2 Å². The number of carbonyl (C=O) groups is 1. The second-order valence-corrected chi connectivity index (χ2v) is 6.04. The maximum Gasteiger partial charge on any atom is 0.416 e. The van der Waals surface area contributed by atoms with Gasteiger partial charge >= 0.3 is 6.18 Å². The van der Waals surface area contributed by atoms with E-state index in [0.29, 0.717) is 35.9 Å². The molecule has 0 aliphatic carbocycles. The molecule has 0 aromatic heterocycles. The Balaban J connectivity index is 1.77. The molecule has 0 saturated carbocycles. The SMILES string of the molecule is CN=C(NCCNC(=O)c1cccc(OC)c1)NCc1cccc(C(F)(F)F)c1. The van der Waals surface area contributed by atoms with E-state index in [2.05, 4.69) is 20.9 Å². The van der Waals surface area contributed by atoms with Crippen molar-refractivity contribution in [2.45, 2.75) is 12.7 Å². The smallest absolute Gasteiger partial charge is 0.416 e. The molecule has 0 spiro atoms. The van der Waals surface area contributed by atoms with Crippen LogP contribution in [0, 0.1) is 0 Å². The minimum absolute atomic E-state index is 0.180. The molecule has 0 aliphatic heterocycles. The van der Waals surface area contributed by atoms with Crippen LogP contribution in [-0.4, -0.2) is 39.1 Å². The fourth-order valence-electron chi connectivity index (χ4n) is 2.49. The normalized spacial score (nSPS) is 11.7. The van der Waals surface area contributed by atoms with Gasteiger partial charge in [0.05, 0.1) is 12.7 Å². The molecule has 0 saturated heterocycles. The molecule has 3 N–H and O–H groups in total. The lowest BCUT2D eigenvalue weighted by Crippen LogP contribution is -2.41. The van der Waals surface area contributed by atoms with Gasteiger partial charge in [-0.1, -0.05) is 18.2 Å². The van der Waals surface area contributed by atoms with Crippen LogP contribution in [0.5, 0.6) is 5.75 Å². The van der Waals surface area contributed by atoms with E-state index in [4.69, 9.17) is 4.74 Å². The van der Waals surface area contributed by atoms with Crippen LogP contribution < -0.4 is 20.7 Å². The molecule has 9 heteroatoms. The lowest BCUT2D eigenvalue weighted by Gasteiger charge is -2.13. The van der Waals surface area contributed by atoms with E-state index >= 15 is 0 Å². The lowest BCUT2D eigenvalue weighted by molar-refractivity contribution is -0.137. The lowest BCUT2D eigenvalue weighted by atomic mass is 10.1. The first-order valence-corrected chi connectivity index (χ1v) is 8.86. The highest BCUT2D eigenvalue weighted by Gasteiger charge is 2.30. The third-order valence-corrected chi connectivity index (χ3v) is 3.97. The van der Waals surface area contributed by atoms with Crippen molar-refractivity contribution < 1.29 is 22.7 Å². The van der Waals surface area contributed by atoms with Crippen LogP contribution in [0.15, 0.2) is 53.5 Å². The summed E-state index contributed by atoms with van der Waals surface area (Å²) in [6, 6.07) is 11.9. The van der Waals surface area contributed by atoms with Crippen molar-refractivity contribution in [3.8, 4) is 5.75 Å². The van der Waals surface area contributed by atoms with Gasteiger partial charge in [0.2, 0.25) is 0 Å². The number of amides is 1. The quantitative estimate of drug-likeness (QED) is 0.374. The summed E-state index contributed by atoms with van der Waals surface area (Å²) in [5.74, 6) is 0.769. The van der Waals surface area contributed by atoms with Crippen LogP contribution >= 0.6 is 0 Å². The van der Waals surface area contributed by atoms with Gasteiger partial charge in [0.1, 0.15) is 5.75 Å². The third kappa shape index (κ3) is 7.02. The number of nitrogens with one attached hydrogen (secondary N) is 3. The number of ether oxygens (including phenoxy) is 1. The minimum Gasteiger partial charge on any atom is -0.497 e. The number of aliphatic imine (C=N–C) groups is 1. The first-order chi connectivity index (χ1) is 13.8. The molecular weight excluding hydrogens is 385 g/mol. The van der Waals surface area contributed by atoms with Crippen molar-refractivity contribution in [1.82, 2.24) is 16.0 Å². The zero-order valence-corrected chi connectivity index (χ0v) is 16.1. The molecule has 156 valence electrons. The Morgan fingerprint density at radius 3 is 2.45 bits per heavy atom. The number of halogens is 3. The summed E-state index contributed by atoms with van der Waals surface area (Å²) in [4.78, 5) is 16.1. The van der Waals surface area contributed by atoms with Gasteiger partial charge in [0, 0.05) is 32.2 Å². The highest BCUT2D eigenvalue weighted by Crippen LogP contribution is 2.29. The van der Waals surface area contributed by atoms with Crippen LogP contribution in [0.2, 0.25) is 0 Å². The Kier molecular flexibility index (Phi) is 7.88. The summed E-state index contributed by atoms with van der Waals surface area (Å²) < 4.78 is 43.4. The van der Waals surface area contributed by atoms with Gasteiger partial charge < -0.3 is 20.7 Å². The molecule has 1 amide bonds. The van der Waals surface area contributed by atoms with Crippen LogP contribution in [0.4, 0.5) is 13.2 Å². The van der Waals surface area contributed by atoms with Crippen molar-refractivity contribution in [3.05, 3.63) is 65.2 Å². The minimum atomic E-state index is -4.38. The van der Waals surface area contributed by atoms with Crippen molar-refractivity contribution in [3.63, 3.8) is 0 Å².